The molecule has 0 atom stereocenters. The van der Waals surface area contributed by atoms with Gasteiger partial charge in [-0.25, -0.2) is 13.4 Å². The van der Waals surface area contributed by atoms with E-state index < -0.39 is 14.9 Å². The molecule has 2 rings (SSSR count). The second-order valence-corrected chi connectivity index (χ2v) is 5.90. The lowest BCUT2D eigenvalue weighted by molar-refractivity contribution is -0.385. The van der Waals surface area contributed by atoms with Crippen LogP contribution in [0.5, 0.6) is 0 Å². The van der Waals surface area contributed by atoms with E-state index in [1.54, 1.807) is 0 Å². The van der Waals surface area contributed by atoms with E-state index in [4.69, 9.17) is 5.73 Å². The number of anilines is 2. The number of aromatic nitrogens is 1. The number of pyridine rings is 1. The van der Waals surface area contributed by atoms with Gasteiger partial charge in [-0.2, -0.15) is 0 Å². The van der Waals surface area contributed by atoms with Crippen LogP contribution in [0.25, 0.3) is 0 Å². The molecular formula is C12H12N4O4S. The summed E-state index contributed by atoms with van der Waals surface area (Å²) in [5.41, 5.74) is 6.01. The van der Waals surface area contributed by atoms with E-state index in [9.17, 15) is 18.5 Å². The van der Waals surface area contributed by atoms with Gasteiger partial charge >= 0.3 is 0 Å². The monoisotopic (exact) mass is 308 g/mol. The zero-order valence-electron chi connectivity index (χ0n) is 11.0. The average Bonchev–Trinajstić information content (AvgIpc) is 2.38. The maximum absolute atomic E-state index is 12.2. The lowest BCUT2D eigenvalue weighted by Crippen LogP contribution is -2.15. The zero-order valence-corrected chi connectivity index (χ0v) is 11.8. The van der Waals surface area contributed by atoms with Crippen molar-refractivity contribution >= 4 is 27.2 Å². The quantitative estimate of drug-likeness (QED) is 0.653. The predicted molar refractivity (Wildman–Crippen MR) is 77.3 cm³/mol. The van der Waals surface area contributed by atoms with E-state index in [2.05, 4.69) is 9.71 Å². The lowest BCUT2D eigenvalue weighted by Gasteiger charge is -2.10. The molecule has 110 valence electrons. The van der Waals surface area contributed by atoms with Crippen molar-refractivity contribution < 1.29 is 13.3 Å². The maximum Gasteiger partial charge on any atom is 0.272 e. The normalized spacial score (nSPS) is 11.1. The molecule has 1 heterocycles. The highest BCUT2D eigenvalue weighted by molar-refractivity contribution is 7.92. The summed E-state index contributed by atoms with van der Waals surface area (Å²) < 4.78 is 26.7. The standard InChI is InChI=1S/C12H12N4O4S/c1-8-7-9(4-5-10(8)16(17)18)15-21(19,20)11-3-2-6-14-12(11)13/h2-7,15H,1H3,(H2,13,14). The molecule has 1 aromatic carbocycles. The van der Waals surface area contributed by atoms with Crippen LogP contribution in [0.15, 0.2) is 41.4 Å². The number of nitrogen functional groups attached to an aromatic ring is 1. The minimum Gasteiger partial charge on any atom is -0.383 e. The fourth-order valence-corrected chi connectivity index (χ4v) is 2.90. The molecular weight excluding hydrogens is 296 g/mol. The molecule has 0 saturated carbocycles. The number of nitrogens with zero attached hydrogens (tertiary/aromatic N) is 2. The molecule has 0 amide bonds. The van der Waals surface area contributed by atoms with Gasteiger partial charge in [-0.1, -0.05) is 0 Å². The largest absolute Gasteiger partial charge is 0.383 e. The van der Waals surface area contributed by atoms with Crippen molar-refractivity contribution in [2.24, 2.45) is 0 Å². The fraction of sp³-hybridized carbons (Fsp3) is 0.0833. The number of rotatable bonds is 4. The van der Waals surface area contributed by atoms with Crippen LogP contribution in [0, 0.1) is 17.0 Å². The van der Waals surface area contributed by atoms with Gasteiger partial charge < -0.3 is 5.73 Å². The van der Waals surface area contributed by atoms with Crippen LogP contribution in [0.2, 0.25) is 0 Å². The molecule has 0 fully saturated rings. The summed E-state index contributed by atoms with van der Waals surface area (Å²) in [4.78, 5) is 13.8. The summed E-state index contributed by atoms with van der Waals surface area (Å²) in [6.07, 6.45) is 1.38. The molecule has 3 N–H and O–H groups in total. The van der Waals surface area contributed by atoms with E-state index >= 15 is 0 Å². The van der Waals surface area contributed by atoms with E-state index in [0.29, 0.717) is 5.56 Å². The van der Waals surface area contributed by atoms with Crippen molar-refractivity contribution in [3.8, 4) is 0 Å². The molecule has 0 bridgehead atoms. The van der Waals surface area contributed by atoms with Crippen molar-refractivity contribution in [1.82, 2.24) is 4.98 Å². The summed E-state index contributed by atoms with van der Waals surface area (Å²) in [5.74, 6) is -0.122. The first-order chi connectivity index (χ1) is 9.81. The Morgan fingerprint density at radius 3 is 2.62 bits per heavy atom. The smallest absolute Gasteiger partial charge is 0.272 e. The third-order valence-electron chi connectivity index (χ3n) is 2.73. The van der Waals surface area contributed by atoms with Crippen LogP contribution < -0.4 is 10.5 Å². The van der Waals surface area contributed by atoms with Gasteiger partial charge in [0, 0.05) is 23.5 Å². The van der Waals surface area contributed by atoms with Crippen LogP contribution in [0.4, 0.5) is 17.2 Å². The third-order valence-corrected chi connectivity index (χ3v) is 4.16. The summed E-state index contributed by atoms with van der Waals surface area (Å²) in [7, 11) is -3.90. The Balaban J connectivity index is 2.36. The third kappa shape index (κ3) is 3.08. The second-order valence-electron chi connectivity index (χ2n) is 4.25. The lowest BCUT2D eigenvalue weighted by atomic mass is 10.2. The molecule has 1 aromatic heterocycles. The summed E-state index contributed by atoms with van der Waals surface area (Å²) >= 11 is 0. The number of benzene rings is 1. The maximum atomic E-state index is 12.2. The number of nitrogens with one attached hydrogen (secondary N) is 1. The molecule has 0 saturated heterocycles. The van der Waals surface area contributed by atoms with Crippen LogP contribution in [-0.4, -0.2) is 18.3 Å². The molecule has 0 radical (unpaired) electrons. The number of nitrogens with two attached hydrogens (primary N) is 1. The van der Waals surface area contributed by atoms with Gasteiger partial charge in [0.15, 0.2) is 0 Å². The van der Waals surface area contributed by atoms with Crippen LogP contribution in [-0.2, 0) is 10.0 Å². The predicted octanol–water partition coefficient (Wildman–Crippen LogP) is 1.68. The van der Waals surface area contributed by atoms with Crippen LogP contribution in [0.3, 0.4) is 0 Å². The Kier molecular flexibility index (Phi) is 3.76. The van der Waals surface area contributed by atoms with Gasteiger partial charge in [0.25, 0.3) is 15.7 Å². The summed E-state index contributed by atoms with van der Waals surface area (Å²) in [6.45, 7) is 1.52. The number of nitro benzene ring substituents is 1. The average molecular weight is 308 g/mol. The Morgan fingerprint density at radius 2 is 2.05 bits per heavy atom. The van der Waals surface area contributed by atoms with Crippen molar-refractivity contribution in [1.29, 1.82) is 0 Å². The molecule has 0 spiro atoms. The first kappa shape index (κ1) is 14.7. The van der Waals surface area contributed by atoms with E-state index in [1.807, 2.05) is 0 Å². The summed E-state index contributed by atoms with van der Waals surface area (Å²) in [6, 6.07) is 6.70. The first-order valence-electron chi connectivity index (χ1n) is 5.79. The number of sulfonamides is 1. The van der Waals surface area contributed by atoms with Gasteiger partial charge in [0.2, 0.25) is 0 Å². The number of hydrogen-bond acceptors (Lipinski definition) is 6. The van der Waals surface area contributed by atoms with Crippen molar-refractivity contribution in [2.45, 2.75) is 11.8 Å². The highest BCUT2D eigenvalue weighted by Gasteiger charge is 2.19. The number of hydrogen-bond donors (Lipinski definition) is 2. The number of nitro groups is 1. The Labute approximate surface area is 120 Å². The van der Waals surface area contributed by atoms with Crippen LogP contribution >= 0.6 is 0 Å². The Morgan fingerprint density at radius 1 is 1.33 bits per heavy atom. The van der Waals surface area contributed by atoms with Crippen molar-refractivity contribution in [2.75, 3.05) is 10.5 Å². The van der Waals surface area contributed by atoms with Crippen LogP contribution in [0.1, 0.15) is 5.56 Å². The topological polar surface area (TPSA) is 128 Å². The molecule has 2 aromatic rings. The molecule has 0 aliphatic rings. The van der Waals surface area contributed by atoms with Crippen molar-refractivity contribution in [3.05, 3.63) is 52.2 Å². The molecule has 9 heteroatoms. The second kappa shape index (κ2) is 5.37. The Bertz CT molecular complexity index is 805. The van der Waals surface area contributed by atoms with Gasteiger partial charge in [0.05, 0.1) is 4.92 Å². The highest BCUT2D eigenvalue weighted by Crippen LogP contribution is 2.24. The number of aryl methyl sites for hydroxylation is 1. The molecule has 8 nitrogen and oxygen atoms in total. The molecule has 21 heavy (non-hydrogen) atoms. The highest BCUT2D eigenvalue weighted by atomic mass is 32.2. The minimum atomic E-state index is -3.90. The van der Waals surface area contributed by atoms with E-state index in [-0.39, 0.29) is 22.1 Å². The zero-order chi connectivity index (χ0) is 15.6. The van der Waals surface area contributed by atoms with Crippen molar-refractivity contribution in [3.63, 3.8) is 0 Å². The minimum absolute atomic E-state index is 0.0844. The molecule has 0 aliphatic carbocycles. The van der Waals surface area contributed by atoms with Gasteiger partial charge in [-0.3, -0.25) is 14.8 Å². The van der Waals surface area contributed by atoms with Gasteiger partial charge in [-0.05, 0) is 31.2 Å². The van der Waals surface area contributed by atoms with E-state index in [0.717, 1.165) is 0 Å². The summed E-state index contributed by atoms with van der Waals surface area (Å²) in [5, 5.41) is 10.7. The fourth-order valence-electron chi connectivity index (χ4n) is 1.76. The van der Waals surface area contributed by atoms with Gasteiger partial charge in [0.1, 0.15) is 10.7 Å². The molecule has 0 aliphatic heterocycles. The van der Waals surface area contributed by atoms with E-state index in [1.165, 1.54) is 43.5 Å². The SMILES string of the molecule is Cc1cc(NS(=O)(=O)c2cccnc2N)ccc1[N+](=O)[O-]. The first-order valence-corrected chi connectivity index (χ1v) is 7.28. The van der Waals surface area contributed by atoms with Gasteiger partial charge in [-0.15, -0.1) is 0 Å². The molecule has 0 unspecified atom stereocenters. The Hall–Kier alpha value is -2.68.